The average molecular weight is 255 g/mol. The number of likely N-dealkylation sites (tertiary alicyclic amines) is 1. The van der Waals surface area contributed by atoms with Crippen molar-refractivity contribution in [3.05, 3.63) is 0 Å². The SMILES string of the molecule is CC1CN(C(=O)N2CCC(C(=O)O)C2)CCN1C. The van der Waals surface area contributed by atoms with E-state index in [-0.39, 0.29) is 11.9 Å². The summed E-state index contributed by atoms with van der Waals surface area (Å²) in [7, 11) is 2.06. The molecule has 0 aromatic rings. The predicted octanol–water partition coefficient (Wildman–Crippen LogP) is 0.149. The number of nitrogens with zero attached hydrogens (tertiary/aromatic N) is 3. The smallest absolute Gasteiger partial charge is 0.320 e. The second kappa shape index (κ2) is 5.14. The van der Waals surface area contributed by atoms with Crippen molar-refractivity contribution >= 4 is 12.0 Å². The number of hydrogen-bond donors (Lipinski definition) is 1. The fourth-order valence-corrected chi connectivity index (χ4v) is 2.56. The molecule has 6 nitrogen and oxygen atoms in total. The van der Waals surface area contributed by atoms with Crippen molar-refractivity contribution in [1.82, 2.24) is 14.7 Å². The Morgan fingerprint density at radius 3 is 2.33 bits per heavy atom. The molecule has 6 heteroatoms. The van der Waals surface area contributed by atoms with Gasteiger partial charge in [0.15, 0.2) is 0 Å². The molecule has 18 heavy (non-hydrogen) atoms. The van der Waals surface area contributed by atoms with E-state index in [0.717, 1.165) is 19.6 Å². The van der Waals surface area contributed by atoms with E-state index in [2.05, 4.69) is 18.9 Å². The second-order valence-electron chi connectivity index (χ2n) is 5.33. The van der Waals surface area contributed by atoms with Gasteiger partial charge < -0.3 is 19.8 Å². The zero-order chi connectivity index (χ0) is 13.3. The van der Waals surface area contributed by atoms with Crippen molar-refractivity contribution in [1.29, 1.82) is 0 Å². The standard InChI is InChI=1S/C12H21N3O3/c1-9-7-15(6-5-13(9)2)12(18)14-4-3-10(8-14)11(16)17/h9-10H,3-8H2,1-2H3,(H,16,17). The van der Waals surface area contributed by atoms with E-state index in [4.69, 9.17) is 5.11 Å². The first kappa shape index (κ1) is 13.1. The van der Waals surface area contributed by atoms with Gasteiger partial charge in [0.2, 0.25) is 0 Å². The number of carbonyl (C=O) groups excluding carboxylic acids is 1. The van der Waals surface area contributed by atoms with Crippen LogP contribution in [0.4, 0.5) is 4.79 Å². The molecule has 0 aromatic carbocycles. The summed E-state index contributed by atoms with van der Waals surface area (Å²) in [6.07, 6.45) is 0.574. The molecule has 0 bridgehead atoms. The lowest BCUT2D eigenvalue weighted by molar-refractivity contribution is -0.141. The molecule has 2 unspecified atom stereocenters. The number of amides is 2. The Hall–Kier alpha value is -1.30. The molecule has 2 rings (SSSR count). The first-order valence-electron chi connectivity index (χ1n) is 6.46. The summed E-state index contributed by atoms with van der Waals surface area (Å²) in [5.41, 5.74) is 0. The zero-order valence-corrected chi connectivity index (χ0v) is 11.0. The maximum Gasteiger partial charge on any atom is 0.320 e. The molecule has 2 aliphatic rings. The molecular weight excluding hydrogens is 234 g/mol. The van der Waals surface area contributed by atoms with Gasteiger partial charge in [-0.2, -0.15) is 0 Å². The van der Waals surface area contributed by atoms with Gasteiger partial charge in [-0.1, -0.05) is 0 Å². The molecule has 2 atom stereocenters. The number of likely N-dealkylation sites (N-methyl/N-ethyl adjacent to an activating group) is 1. The third kappa shape index (κ3) is 2.58. The Bertz CT molecular complexity index is 347. The second-order valence-corrected chi connectivity index (χ2v) is 5.33. The highest BCUT2D eigenvalue weighted by Crippen LogP contribution is 2.19. The maximum absolute atomic E-state index is 12.3. The van der Waals surface area contributed by atoms with Crippen LogP contribution in [0.3, 0.4) is 0 Å². The van der Waals surface area contributed by atoms with Crippen molar-refractivity contribution in [3.8, 4) is 0 Å². The molecule has 2 fully saturated rings. The van der Waals surface area contributed by atoms with Crippen molar-refractivity contribution in [2.75, 3.05) is 39.8 Å². The van der Waals surface area contributed by atoms with Crippen molar-refractivity contribution < 1.29 is 14.7 Å². The molecule has 1 N–H and O–H groups in total. The summed E-state index contributed by atoms with van der Waals surface area (Å²) in [6.45, 7) is 5.36. The van der Waals surface area contributed by atoms with E-state index in [9.17, 15) is 9.59 Å². The highest BCUT2D eigenvalue weighted by molar-refractivity contribution is 5.77. The molecular formula is C12H21N3O3. The molecule has 0 saturated carbocycles. The molecule has 0 radical (unpaired) electrons. The number of carboxylic acid groups (broad SMARTS) is 1. The Morgan fingerprint density at radius 1 is 1.11 bits per heavy atom. The lowest BCUT2D eigenvalue weighted by Crippen LogP contribution is -2.55. The van der Waals surface area contributed by atoms with Gasteiger partial charge in [0.05, 0.1) is 5.92 Å². The Balaban J connectivity index is 1.90. The number of urea groups is 1. The van der Waals surface area contributed by atoms with Crippen molar-refractivity contribution in [3.63, 3.8) is 0 Å². The highest BCUT2D eigenvalue weighted by Gasteiger charge is 2.34. The van der Waals surface area contributed by atoms with Gasteiger partial charge in [0.25, 0.3) is 0 Å². The van der Waals surface area contributed by atoms with E-state index in [1.807, 2.05) is 4.90 Å². The van der Waals surface area contributed by atoms with E-state index in [1.165, 1.54) is 0 Å². The number of piperazine rings is 1. The van der Waals surface area contributed by atoms with Crippen LogP contribution in [0.5, 0.6) is 0 Å². The van der Waals surface area contributed by atoms with Crippen LogP contribution in [0.2, 0.25) is 0 Å². The van der Waals surface area contributed by atoms with Crippen LogP contribution in [0.15, 0.2) is 0 Å². The fraction of sp³-hybridized carbons (Fsp3) is 0.833. The van der Waals surface area contributed by atoms with E-state index in [0.29, 0.717) is 25.6 Å². The van der Waals surface area contributed by atoms with Crippen molar-refractivity contribution in [2.24, 2.45) is 5.92 Å². The van der Waals surface area contributed by atoms with Gasteiger partial charge in [-0.05, 0) is 20.4 Å². The maximum atomic E-state index is 12.3. The molecule has 0 aromatic heterocycles. The van der Waals surface area contributed by atoms with Gasteiger partial charge in [0.1, 0.15) is 0 Å². The van der Waals surface area contributed by atoms with Crippen LogP contribution in [0, 0.1) is 5.92 Å². The number of rotatable bonds is 1. The lowest BCUT2D eigenvalue weighted by atomic mass is 10.1. The molecule has 0 aliphatic carbocycles. The monoisotopic (exact) mass is 255 g/mol. The molecule has 2 aliphatic heterocycles. The zero-order valence-electron chi connectivity index (χ0n) is 11.0. The molecule has 2 heterocycles. The average Bonchev–Trinajstić information content (AvgIpc) is 2.81. The van der Waals surface area contributed by atoms with E-state index in [1.54, 1.807) is 4.90 Å². The minimum Gasteiger partial charge on any atom is -0.481 e. The normalized spacial score (nSPS) is 29.7. The third-order valence-corrected chi connectivity index (χ3v) is 4.04. The molecule has 2 amide bonds. The Kier molecular flexibility index (Phi) is 3.75. The number of carbonyl (C=O) groups is 2. The quantitative estimate of drug-likeness (QED) is 0.724. The largest absolute Gasteiger partial charge is 0.481 e. The Labute approximate surface area is 107 Å². The van der Waals surface area contributed by atoms with Gasteiger partial charge in [-0.15, -0.1) is 0 Å². The van der Waals surface area contributed by atoms with E-state index >= 15 is 0 Å². The van der Waals surface area contributed by atoms with Crippen molar-refractivity contribution in [2.45, 2.75) is 19.4 Å². The number of hydrogen-bond acceptors (Lipinski definition) is 3. The van der Waals surface area contributed by atoms with Crippen LogP contribution >= 0.6 is 0 Å². The molecule has 0 spiro atoms. The molecule has 2 saturated heterocycles. The van der Waals surface area contributed by atoms with Crippen LogP contribution in [0.1, 0.15) is 13.3 Å². The van der Waals surface area contributed by atoms with E-state index < -0.39 is 5.97 Å². The summed E-state index contributed by atoms with van der Waals surface area (Å²) in [5.74, 6) is -1.18. The minimum absolute atomic E-state index is 0.00120. The first-order valence-corrected chi connectivity index (χ1v) is 6.46. The Morgan fingerprint density at radius 2 is 1.78 bits per heavy atom. The number of carboxylic acids is 1. The highest BCUT2D eigenvalue weighted by atomic mass is 16.4. The summed E-state index contributed by atoms with van der Waals surface area (Å²) in [4.78, 5) is 28.9. The van der Waals surface area contributed by atoms with Gasteiger partial charge >= 0.3 is 12.0 Å². The predicted molar refractivity (Wildman–Crippen MR) is 66.4 cm³/mol. The molecule has 102 valence electrons. The van der Waals surface area contributed by atoms with Gasteiger partial charge in [-0.3, -0.25) is 4.79 Å². The summed E-state index contributed by atoms with van der Waals surface area (Å²) < 4.78 is 0. The van der Waals surface area contributed by atoms with Crippen LogP contribution < -0.4 is 0 Å². The minimum atomic E-state index is -0.794. The topological polar surface area (TPSA) is 64.1 Å². The van der Waals surface area contributed by atoms with Crippen LogP contribution in [-0.4, -0.2) is 77.6 Å². The van der Waals surface area contributed by atoms with Crippen LogP contribution in [-0.2, 0) is 4.79 Å². The first-order chi connectivity index (χ1) is 8.49. The van der Waals surface area contributed by atoms with Gasteiger partial charge in [-0.25, -0.2) is 4.79 Å². The van der Waals surface area contributed by atoms with Crippen LogP contribution in [0.25, 0.3) is 0 Å². The fourth-order valence-electron chi connectivity index (χ4n) is 2.56. The summed E-state index contributed by atoms with van der Waals surface area (Å²) >= 11 is 0. The number of aliphatic carboxylic acids is 1. The summed E-state index contributed by atoms with van der Waals surface area (Å²) in [5, 5.41) is 8.94. The lowest BCUT2D eigenvalue weighted by Gasteiger charge is -2.39. The third-order valence-electron chi connectivity index (χ3n) is 4.04. The summed E-state index contributed by atoms with van der Waals surface area (Å²) in [6, 6.07) is 0.360. The van der Waals surface area contributed by atoms with Gasteiger partial charge in [0, 0.05) is 38.8 Å².